The van der Waals surface area contributed by atoms with Crippen molar-refractivity contribution >= 4 is 27.7 Å². The van der Waals surface area contributed by atoms with Crippen LogP contribution in [-0.4, -0.2) is 21.2 Å². The van der Waals surface area contributed by atoms with Gasteiger partial charge in [-0.3, -0.25) is 4.79 Å². The van der Waals surface area contributed by atoms with E-state index >= 15 is 0 Å². The average Bonchev–Trinajstić information content (AvgIpc) is 2.18. The number of ketones is 1. The van der Waals surface area contributed by atoms with E-state index in [2.05, 4.69) is 15.9 Å². The van der Waals surface area contributed by atoms with Crippen LogP contribution in [-0.2, 0) is 9.59 Å². The topological polar surface area (TPSA) is 54.4 Å². The molecule has 4 heteroatoms. The molecule has 0 aromatic heterocycles. The zero-order valence-corrected chi connectivity index (χ0v) is 13.9. The third kappa shape index (κ3) is 2.83. The van der Waals surface area contributed by atoms with Gasteiger partial charge in [0.1, 0.15) is 4.32 Å². The summed E-state index contributed by atoms with van der Waals surface area (Å²) in [7, 11) is 0. The molecule has 106 valence electrons. The number of hydrogen-bond donors (Lipinski definition) is 1. The summed E-state index contributed by atoms with van der Waals surface area (Å²) in [5, 5.41) is 9.26. The van der Waals surface area contributed by atoms with E-state index in [1.807, 2.05) is 41.5 Å². The van der Waals surface area contributed by atoms with Crippen molar-refractivity contribution in [1.82, 2.24) is 0 Å². The van der Waals surface area contributed by atoms with Crippen LogP contribution in [0.5, 0.6) is 0 Å². The molecular weight excluding hydrogens is 308 g/mol. The van der Waals surface area contributed by atoms with Gasteiger partial charge in [0.15, 0.2) is 5.78 Å². The highest BCUT2D eigenvalue weighted by molar-refractivity contribution is 9.10. The summed E-state index contributed by atoms with van der Waals surface area (Å²) in [6.07, 6.45) is 3.02. The normalized spacial score (nSPS) is 24.9. The first-order valence-corrected chi connectivity index (χ1v) is 7.02. The Bertz CT molecular complexity index is 487. The van der Waals surface area contributed by atoms with Crippen LogP contribution in [0.3, 0.4) is 0 Å². The predicted molar refractivity (Wildman–Crippen MR) is 79.4 cm³/mol. The van der Waals surface area contributed by atoms with E-state index in [4.69, 9.17) is 0 Å². The second kappa shape index (κ2) is 4.58. The summed E-state index contributed by atoms with van der Waals surface area (Å²) in [4.78, 5) is 24.1. The van der Waals surface area contributed by atoms with Crippen LogP contribution >= 0.6 is 15.9 Å². The molecule has 1 aliphatic rings. The van der Waals surface area contributed by atoms with Gasteiger partial charge in [0.05, 0.1) is 5.57 Å². The molecule has 1 rings (SSSR count). The molecule has 0 amide bonds. The van der Waals surface area contributed by atoms with Gasteiger partial charge in [-0.05, 0) is 23.0 Å². The molecule has 0 aromatic carbocycles. The Morgan fingerprint density at radius 3 is 2.00 bits per heavy atom. The van der Waals surface area contributed by atoms with Gasteiger partial charge in [-0.25, -0.2) is 4.79 Å². The van der Waals surface area contributed by atoms with E-state index in [1.54, 1.807) is 0 Å². The number of rotatable bonds is 1. The molecule has 0 bridgehead atoms. The molecule has 1 atom stereocenters. The van der Waals surface area contributed by atoms with Gasteiger partial charge in [-0.1, -0.05) is 57.5 Å². The molecular formula is C15H21BrO3. The number of carboxylic acids is 1. The lowest BCUT2D eigenvalue weighted by Gasteiger charge is -2.41. The first-order valence-electron chi connectivity index (χ1n) is 6.23. The van der Waals surface area contributed by atoms with E-state index in [0.29, 0.717) is 5.57 Å². The average molecular weight is 329 g/mol. The minimum Gasteiger partial charge on any atom is -0.478 e. The standard InChI is InChI=1S/C15H21BrO3/c1-13(2,3)10-7-9(12(18)19)8-15(16,11(10)17)14(4,5)6/h7-8H,1-6H3,(H,18,19)/t15-/m0/s1. The highest BCUT2D eigenvalue weighted by Gasteiger charge is 2.49. The summed E-state index contributed by atoms with van der Waals surface area (Å²) >= 11 is 3.49. The molecule has 0 saturated heterocycles. The highest BCUT2D eigenvalue weighted by atomic mass is 79.9. The molecule has 0 fully saturated rings. The zero-order valence-electron chi connectivity index (χ0n) is 12.3. The molecule has 0 saturated carbocycles. The van der Waals surface area contributed by atoms with Crippen LogP contribution in [0.4, 0.5) is 0 Å². The Kier molecular flexibility index (Phi) is 3.90. The van der Waals surface area contributed by atoms with E-state index in [0.717, 1.165) is 0 Å². The van der Waals surface area contributed by atoms with Gasteiger partial charge >= 0.3 is 5.97 Å². The molecule has 1 aliphatic carbocycles. The van der Waals surface area contributed by atoms with Crippen LogP contribution in [0, 0.1) is 10.8 Å². The summed E-state index contributed by atoms with van der Waals surface area (Å²) in [5.41, 5.74) is -0.109. The maximum absolute atomic E-state index is 12.8. The maximum atomic E-state index is 12.8. The molecule has 3 nitrogen and oxygen atoms in total. The van der Waals surface area contributed by atoms with Gasteiger partial charge < -0.3 is 5.11 Å². The Morgan fingerprint density at radius 1 is 1.21 bits per heavy atom. The molecule has 0 spiro atoms. The first-order chi connectivity index (χ1) is 8.30. The number of carbonyl (C=O) groups excluding carboxylic acids is 1. The minimum absolute atomic E-state index is 0.0579. The third-order valence-electron chi connectivity index (χ3n) is 3.38. The fourth-order valence-corrected chi connectivity index (χ4v) is 2.44. The summed E-state index contributed by atoms with van der Waals surface area (Å²) in [6, 6.07) is 0. The van der Waals surface area contributed by atoms with Crippen molar-refractivity contribution in [3.63, 3.8) is 0 Å². The van der Waals surface area contributed by atoms with Gasteiger partial charge in [0.2, 0.25) is 0 Å². The smallest absolute Gasteiger partial charge is 0.335 e. The second-order valence-electron chi connectivity index (χ2n) is 7.00. The van der Waals surface area contributed by atoms with Crippen molar-refractivity contribution in [1.29, 1.82) is 0 Å². The molecule has 0 aromatic rings. The van der Waals surface area contributed by atoms with Crippen molar-refractivity contribution < 1.29 is 14.7 Å². The predicted octanol–water partition coefficient (Wildman–Crippen LogP) is 3.73. The first kappa shape index (κ1) is 16.2. The van der Waals surface area contributed by atoms with Crippen LogP contribution in [0.15, 0.2) is 23.3 Å². The summed E-state index contributed by atoms with van der Waals surface area (Å²) in [5.74, 6) is -1.07. The van der Waals surface area contributed by atoms with E-state index in [1.165, 1.54) is 12.2 Å². The molecule has 0 radical (unpaired) electrons. The van der Waals surface area contributed by atoms with E-state index in [-0.39, 0.29) is 11.4 Å². The molecule has 0 unspecified atom stereocenters. The molecule has 19 heavy (non-hydrogen) atoms. The monoisotopic (exact) mass is 328 g/mol. The van der Waals surface area contributed by atoms with Gasteiger partial charge in [0, 0.05) is 5.57 Å². The number of allylic oxidation sites excluding steroid dienone is 2. The van der Waals surface area contributed by atoms with Crippen LogP contribution in [0.1, 0.15) is 41.5 Å². The van der Waals surface area contributed by atoms with Crippen LogP contribution in [0.2, 0.25) is 0 Å². The van der Waals surface area contributed by atoms with Crippen molar-refractivity contribution in [3.8, 4) is 0 Å². The minimum atomic E-state index is -1.01. The molecule has 1 N–H and O–H groups in total. The largest absolute Gasteiger partial charge is 0.478 e. The highest BCUT2D eigenvalue weighted by Crippen LogP contribution is 2.47. The SMILES string of the molecule is CC(C)(C)C1=CC(C(=O)O)=C[C@@](Br)(C(C)(C)C)C1=O. The number of alkyl halides is 1. The molecule has 0 heterocycles. The van der Waals surface area contributed by atoms with Crippen LogP contribution < -0.4 is 0 Å². The van der Waals surface area contributed by atoms with Crippen molar-refractivity contribution in [2.24, 2.45) is 10.8 Å². The second-order valence-corrected chi connectivity index (χ2v) is 8.25. The zero-order chi connectivity index (χ0) is 15.2. The number of aliphatic carboxylic acids is 1. The lowest BCUT2D eigenvalue weighted by molar-refractivity contribution is -0.132. The lowest BCUT2D eigenvalue weighted by atomic mass is 9.68. The molecule has 0 aliphatic heterocycles. The Balaban J connectivity index is 3.54. The third-order valence-corrected chi connectivity index (χ3v) is 5.15. The van der Waals surface area contributed by atoms with Crippen molar-refractivity contribution in [2.45, 2.75) is 45.9 Å². The van der Waals surface area contributed by atoms with Gasteiger partial charge in [-0.15, -0.1) is 0 Å². The number of halogens is 1. The summed E-state index contributed by atoms with van der Waals surface area (Å²) < 4.78 is -0.981. The Hall–Kier alpha value is -0.900. The van der Waals surface area contributed by atoms with Gasteiger partial charge in [0.25, 0.3) is 0 Å². The van der Waals surface area contributed by atoms with Crippen molar-refractivity contribution in [3.05, 3.63) is 23.3 Å². The van der Waals surface area contributed by atoms with Crippen molar-refractivity contribution in [2.75, 3.05) is 0 Å². The maximum Gasteiger partial charge on any atom is 0.335 e. The van der Waals surface area contributed by atoms with Gasteiger partial charge in [-0.2, -0.15) is 0 Å². The van der Waals surface area contributed by atoms with E-state index in [9.17, 15) is 14.7 Å². The number of carbonyl (C=O) groups is 2. The Morgan fingerprint density at radius 2 is 1.68 bits per heavy atom. The quantitative estimate of drug-likeness (QED) is 0.746. The number of hydrogen-bond acceptors (Lipinski definition) is 2. The van der Waals surface area contributed by atoms with Crippen LogP contribution in [0.25, 0.3) is 0 Å². The lowest BCUT2D eigenvalue weighted by Crippen LogP contribution is -2.47. The fourth-order valence-electron chi connectivity index (χ4n) is 1.98. The fraction of sp³-hybridized carbons (Fsp3) is 0.600. The Labute approximate surface area is 122 Å². The number of Topliss-reactive ketones (excluding diaryl/α,β-unsaturated/α-hetero) is 1. The summed E-state index contributed by atoms with van der Waals surface area (Å²) in [6.45, 7) is 11.5. The number of carboxylic acid groups (broad SMARTS) is 1. The van der Waals surface area contributed by atoms with E-state index < -0.39 is 21.1 Å².